The SMILES string of the molecule is Cc1ccc(CNC(=O)c2nccnc2N)n1C. The molecule has 0 unspecified atom stereocenters. The second-order valence-electron chi connectivity index (χ2n) is 4.00. The van der Waals surface area contributed by atoms with Crippen molar-refractivity contribution in [1.29, 1.82) is 0 Å². The second kappa shape index (κ2) is 4.87. The highest BCUT2D eigenvalue weighted by molar-refractivity contribution is 5.96. The third kappa shape index (κ3) is 2.32. The summed E-state index contributed by atoms with van der Waals surface area (Å²) in [4.78, 5) is 19.6. The van der Waals surface area contributed by atoms with E-state index in [9.17, 15) is 4.79 Å². The highest BCUT2D eigenvalue weighted by Crippen LogP contribution is 2.07. The van der Waals surface area contributed by atoms with Crippen LogP contribution in [0.2, 0.25) is 0 Å². The van der Waals surface area contributed by atoms with Gasteiger partial charge in [-0.1, -0.05) is 0 Å². The largest absolute Gasteiger partial charge is 0.382 e. The first-order valence-electron chi connectivity index (χ1n) is 5.55. The van der Waals surface area contributed by atoms with Crippen LogP contribution < -0.4 is 11.1 Å². The number of amides is 1. The summed E-state index contributed by atoms with van der Waals surface area (Å²) in [6, 6.07) is 3.97. The van der Waals surface area contributed by atoms with Crippen molar-refractivity contribution in [3.05, 3.63) is 41.6 Å². The van der Waals surface area contributed by atoms with Gasteiger partial charge in [0, 0.05) is 30.8 Å². The minimum Gasteiger partial charge on any atom is -0.382 e. The van der Waals surface area contributed by atoms with Gasteiger partial charge in [-0.05, 0) is 19.1 Å². The van der Waals surface area contributed by atoms with Crippen LogP contribution in [0.5, 0.6) is 0 Å². The van der Waals surface area contributed by atoms with Gasteiger partial charge in [0.1, 0.15) is 0 Å². The summed E-state index contributed by atoms with van der Waals surface area (Å²) in [7, 11) is 1.95. The van der Waals surface area contributed by atoms with E-state index in [-0.39, 0.29) is 17.4 Å². The summed E-state index contributed by atoms with van der Waals surface area (Å²) in [5, 5.41) is 2.77. The van der Waals surface area contributed by atoms with E-state index in [1.54, 1.807) is 0 Å². The number of carbonyl (C=O) groups excluding carboxylic acids is 1. The van der Waals surface area contributed by atoms with Crippen molar-refractivity contribution in [2.75, 3.05) is 5.73 Å². The van der Waals surface area contributed by atoms with E-state index in [4.69, 9.17) is 5.73 Å². The van der Waals surface area contributed by atoms with Crippen LogP contribution in [-0.4, -0.2) is 20.4 Å². The number of nitrogens with two attached hydrogens (primary N) is 1. The molecule has 0 saturated carbocycles. The van der Waals surface area contributed by atoms with Crippen molar-refractivity contribution in [2.45, 2.75) is 13.5 Å². The number of carbonyl (C=O) groups is 1. The molecule has 0 aliphatic rings. The van der Waals surface area contributed by atoms with Crippen LogP contribution in [-0.2, 0) is 13.6 Å². The molecule has 6 heteroatoms. The molecule has 2 aromatic rings. The Morgan fingerprint density at radius 2 is 2.11 bits per heavy atom. The molecule has 0 saturated heterocycles. The predicted molar refractivity (Wildman–Crippen MR) is 67.8 cm³/mol. The van der Waals surface area contributed by atoms with Crippen LogP contribution in [0.1, 0.15) is 21.9 Å². The van der Waals surface area contributed by atoms with Gasteiger partial charge in [-0.25, -0.2) is 9.97 Å². The van der Waals surface area contributed by atoms with Crippen molar-refractivity contribution in [3.63, 3.8) is 0 Å². The quantitative estimate of drug-likeness (QED) is 0.830. The zero-order valence-electron chi connectivity index (χ0n) is 10.3. The topological polar surface area (TPSA) is 85.8 Å². The fourth-order valence-electron chi connectivity index (χ4n) is 1.62. The number of aryl methyl sites for hydroxylation is 1. The Morgan fingerprint density at radius 1 is 1.39 bits per heavy atom. The van der Waals surface area contributed by atoms with E-state index < -0.39 is 0 Å². The van der Waals surface area contributed by atoms with Crippen molar-refractivity contribution < 1.29 is 4.79 Å². The Kier molecular flexibility index (Phi) is 3.27. The number of anilines is 1. The minimum atomic E-state index is -0.320. The van der Waals surface area contributed by atoms with Gasteiger partial charge >= 0.3 is 0 Å². The average molecular weight is 245 g/mol. The molecule has 2 heterocycles. The van der Waals surface area contributed by atoms with Crippen molar-refractivity contribution in [3.8, 4) is 0 Å². The number of hydrogen-bond acceptors (Lipinski definition) is 4. The minimum absolute atomic E-state index is 0.137. The molecule has 6 nitrogen and oxygen atoms in total. The Labute approximate surface area is 105 Å². The summed E-state index contributed by atoms with van der Waals surface area (Å²) in [5.41, 5.74) is 7.89. The molecule has 0 aliphatic heterocycles. The van der Waals surface area contributed by atoms with Gasteiger partial charge in [0.05, 0.1) is 6.54 Å². The molecule has 0 aliphatic carbocycles. The third-order valence-electron chi connectivity index (χ3n) is 2.85. The average Bonchev–Trinajstić information content (AvgIpc) is 2.68. The molecular formula is C12H15N5O. The van der Waals surface area contributed by atoms with E-state index in [0.29, 0.717) is 6.54 Å². The first-order valence-corrected chi connectivity index (χ1v) is 5.55. The molecule has 0 atom stereocenters. The zero-order chi connectivity index (χ0) is 13.1. The molecule has 0 aromatic carbocycles. The number of hydrogen-bond donors (Lipinski definition) is 2. The molecule has 2 rings (SSSR count). The number of nitrogen functional groups attached to an aromatic ring is 1. The molecule has 1 amide bonds. The van der Waals surface area contributed by atoms with Crippen LogP contribution in [0.25, 0.3) is 0 Å². The Morgan fingerprint density at radius 3 is 2.72 bits per heavy atom. The van der Waals surface area contributed by atoms with Crippen LogP contribution in [0.15, 0.2) is 24.5 Å². The van der Waals surface area contributed by atoms with Crippen molar-refractivity contribution in [2.24, 2.45) is 7.05 Å². The molecule has 0 spiro atoms. The maximum atomic E-state index is 11.9. The molecule has 2 aromatic heterocycles. The summed E-state index contributed by atoms with van der Waals surface area (Å²) in [5.74, 6) is -0.183. The van der Waals surface area contributed by atoms with Crippen molar-refractivity contribution >= 4 is 11.7 Å². The Hall–Kier alpha value is -2.37. The van der Waals surface area contributed by atoms with Crippen LogP contribution in [0.3, 0.4) is 0 Å². The van der Waals surface area contributed by atoms with Gasteiger partial charge in [-0.2, -0.15) is 0 Å². The molecular weight excluding hydrogens is 230 g/mol. The van der Waals surface area contributed by atoms with E-state index in [1.165, 1.54) is 12.4 Å². The fraction of sp³-hybridized carbons (Fsp3) is 0.250. The smallest absolute Gasteiger partial charge is 0.274 e. The number of nitrogens with zero attached hydrogens (tertiary/aromatic N) is 3. The number of rotatable bonds is 3. The number of aromatic nitrogens is 3. The van der Waals surface area contributed by atoms with E-state index >= 15 is 0 Å². The summed E-state index contributed by atoms with van der Waals surface area (Å²) in [6.07, 6.45) is 2.89. The van der Waals surface area contributed by atoms with Gasteiger partial charge in [0.25, 0.3) is 5.91 Å². The molecule has 0 bridgehead atoms. The molecule has 94 valence electrons. The highest BCUT2D eigenvalue weighted by atomic mass is 16.1. The van der Waals surface area contributed by atoms with Crippen LogP contribution >= 0.6 is 0 Å². The molecule has 3 N–H and O–H groups in total. The normalized spacial score (nSPS) is 10.3. The van der Waals surface area contributed by atoms with E-state index in [1.807, 2.05) is 30.7 Å². The fourth-order valence-corrected chi connectivity index (χ4v) is 1.62. The van der Waals surface area contributed by atoms with Gasteiger partial charge in [-0.15, -0.1) is 0 Å². The lowest BCUT2D eigenvalue weighted by molar-refractivity contribution is 0.0946. The first kappa shape index (κ1) is 12.1. The number of nitrogens with one attached hydrogen (secondary N) is 1. The maximum Gasteiger partial charge on any atom is 0.274 e. The van der Waals surface area contributed by atoms with Crippen molar-refractivity contribution in [1.82, 2.24) is 19.9 Å². The first-order chi connectivity index (χ1) is 8.59. The molecule has 18 heavy (non-hydrogen) atoms. The predicted octanol–water partition coefficient (Wildman–Crippen LogP) is 0.636. The molecule has 0 fully saturated rings. The summed E-state index contributed by atoms with van der Waals surface area (Å²) >= 11 is 0. The van der Waals surface area contributed by atoms with Gasteiger partial charge < -0.3 is 15.6 Å². The monoisotopic (exact) mass is 245 g/mol. The standard InChI is InChI=1S/C12H15N5O/c1-8-3-4-9(17(8)2)7-16-12(18)10-11(13)15-6-5-14-10/h3-6H,7H2,1-2H3,(H2,13,15)(H,16,18). The van der Waals surface area contributed by atoms with Crippen LogP contribution in [0.4, 0.5) is 5.82 Å². The second-order valence-corrected chi connectivity index (χ2v) is 4.00. The van der Waals surface area contributed by atoms with E-state index in [2.05, 4.69) is 15.3 Å². The van der Waals surface area contributed by atoms with Gasteiger partial charge in [0.15, 0.2) is 11.5 Å². The lowest BCUT2D eigenvalue weighted by Gasteiger charge is -2.07. The zero-order valence-corrected chi connectivity index (χ0v) is 10.3. The Bertz CT molecular complexity index is 576. The third-order valence-corrected chi connectivity index (χ3v) is 2.85. The van der Waals surface area contributed by atoms with E-state index in [0.717, 1.165) is 11.4 Å². The van der Waals surface area contributed by atoms with Crippen LogP contribution in [0, 0.1) is 6.92 Å². The molecule has 0 radical (unpaired) electrons. The summed E-state index contributed by atoms with van der Waals surface area (Å²) < 4.78 is 2.01. The summed E-state index contributed by atoms with van der Waals surface area (Å²) in [6.45, 7) is 2.44. The maximum absolute atomic E-state index is 11.9. The lowest BCUT2D eigenvalue weighted by Crippen LogP contribution is -2.26. The lowest BCUT2D eigenvalue weighted by atomic mass is 10.3. The van der Waals surface area contributed by atoms with Gasteiger partial charge in [0.2, 0.25) is 0 Å². The van der Waals surface area contributed by atoms with Gasteiger partial charge in [-0.3, -0.25) is 4.79 Å². The Balaban J connectivity index is 2.05. The highest BCUT2D eigenvalue weighted by Gasteiger charge is 2.12.